The molecule has 1 heterocycles. The quantitative estimate of drug-likeness (QED) is 0.569. The van der Waals surface area contributed by atoms with Gasteiger partial charge in [-0.3, -0.25) is 4.79 Å². The third-order valence-electron chi connectivity index (χ3n) is 4.11. The van der Waals surface area contributed by atoms with Gasteiger partial charge >= 0.3 is 0 Å². The number of hydrogen-bond donors (Lipinski definition) is 2. The van der Waals surface area contributed by atoms with Gasteiger partial charge in [0.2, 0.25) is 5.95 Å². The molecule has 3 rings (SSSR count). The maximum Gasteiger partial charge on any atom is 0.270 e. The van der Waals surface area contributed by atoms with Crippen molar-refractivity contribution < 1.29 is 14.3 Å². The Morgan fingerprint density at radius 1 is 0.966 bits per heavy atom. The molecule has 2 N–H and O–H groups in total. The maximum atomic E-state index is 12.4. The van der Waals surface area contributed by atoms with Crippen LogP contribution >= 0.6 is 0 Å². The van der Waals surface area contributed by atoms with Crippen LogP contribution in [-0.4, -0.2) is 36.1 Å². The number of carbonyl (C=O) groups is 1. The van der Waals surface area contributed by atoms with Crippen LogP contribution in [0.5, 0.6) is 11.5 Å². The zero-order valence-corrected chi connectivity index (χ0v) is 16.7. The molecule has 0 bridgehead atoms. The van der Waals surface area contributed by atoms with Gasteiger partial charge in [0.25, 0.3) is 5.91 Å². The van der Waals surface area contributed by atoms with E-state index in [2.05, 4.69) is 20.6 Å². The summed E-state index contributed by atoms with van der Waals surface area (Å²) in [4.78, 5) is 21.1. The zero-order valence-electron chi connectivity index (χ0n) is 16.7. The van der Waals surface area contributed by atoms with Crippen molar-refractivity contribution in [1.82, 2.24) is 15.3 Å². The van der Waals surface area contributed by atoms with Gasteiger partial charge in [-0.2, -0.15) is 0 Å². The van der Waals surface area contributed by atoms with Crippen molar-refractivity contribution in [3.8, 4) is 11.5 Å². The smallest absolute Gasteiger partial charge is 0.270 e. The summed E-state index contributed by atoms with van der Waals surface area (Å²) in [6.07, 6.45) is 0. The van der Waals surface area contributed by atoms with Gasteiger partial charge in [-0.1, -0.05) is 17.7 Å². The normalized spacial score (nSPS) is 10.3. The minimum atomic E-state index is -0.277. The first kappa shape index (κ1) is 20.1. The van der Waals surface area contributed by atoms with Crippen LogP contribution in [0.3, 0.4) is 0 Å². The predicted molar refractivity (Wildman–Crippen MR) is 112 cm³/mol. The highest BCUT2D eigenvalue weighted by Crippen LogP contribution is 2.17. The number of amides is 1. The van der Waals surface area contributed by atoms with Crippen molar-refractivity contribution in [3.05, 3.63) is 71.5 Å². The first-order valence-corrected chi connectivity index (χ1v) is 9.28. The second-order valence-corrected chi connectivity index (χ2v) is 6.49. The number of nitrogens with zero attached hydrogens (tertiary/aromatic N) is 2. The fourth-order valence-electron chi connectivity index (χ4n) is 2.60. The van der Waals surface area contributed by atoms with E-state index in [9.17, 15) is 4.79 Å². The Balaban J connectivity index is 1.54. The monoisotopic (exact) mass is 392 g/mol. The van der Waals surface area contributed by atoms with E-state index >= 15 is 0 Å². The highest BCUT2D eigenvalue weighted by Gasteiger charge is 2.10. The highest BCUT2D eigenvalue weighted by molar-refractivity contribution is 5.92. The minimum Gasteiger partial charge on any atom is -0.497 e. The van der Waals surface area contributed by atoms with Crippen molar-refractivity contribution in [2.24, 2.45) is 0 Å². The van der Waals surface area contributed by atoms with Gasteiger partial charge in [-0.05, 0) is 56.3 Å². The van der Waals surface area contributed by atoms with Crippen LogP contribution in [0.1, 0.15) is 21.7 Å². The lowest BCUT2D eigenvalue weighted by Crippen LogP contribution is -2.29. The average Bonchev–Trinajstić information content (AvgIpc) is 2.73. The summed E-state index contributed by atoms with van der Waals surface area (Å²) < 4.78 is 10.7. The largest absolute Gasteiger partial charge is 0.497 e. The number of ether oxygens (including phenoxy) is 2. The van der Waals surface area contributed by atoms with E-state index in [1.807, 2.05) is 62.4 Å². The standard InChI is InChI=1S/C22H24N4O3/c1-15-4-6-17(7-5-15)25-22-24-16(2)14-20(26-22)21(27)23-12-13-29-19-10-8-18(28-3)9-11-19/h4-11,14H,12-13H2,1-3H3,(H,23,27)(H,24,25,26). The molecule has 7 nitrogen and oxygen atoms in total. The molecule has 29 heavy (non-hydrogen) atoms. The molecule has 1 amide bonds. The third kappa shape index (κ3) is 5.93. The van der Waals surface area contributed by atoms with E-state index in [4.69, 9.17) is 9.47 Å². The summed E-state index contributed by atoms with van der Waals surface area (Å²) in [5.74, 6) is 1.58. The molecule has 1 aromatic heterocycles. The van der Waals surface area contributed by atoms with Crippen LogP contribution in [0.4, 0.5) is 11.6 Å². The van der Waals surface area contributed by atoms with E-state index < -0.39 is 0 Å². The third-order valence-corrected chi connectivity index (χ3v) is 4.11. The van der Waals surface area contributed by atoms with Gasteiger partial charge in [-0.15, -0.1) is 0 Å². The molecule has 0 radical (unpaired) electrons. The summed E-state index contributed by atoms with van der Waals surface area (Å²) in [5, 5.41) is 5.94. The number of hydrogen-bond acceptors (Lipinski definition) is 6. The molecule has 0 aliphatic carbocycles. The van der Waals surface area contributed by atoms with Gasteiger partial charge in [-0.25, -0.2) is 9.97 Å². The number of aryl methyl sites for hydroxylation is 2. The van der Waals surface area contributed by atoms with E-state index in [0.29, 0.717) is 36.2 Å². The Morgan fingerprint density at radius 2 is 1.66 bits per heavy atom. The lowest BCUT2D eigenvalue weighted by molar-refractivity contribution is 0.0942. The van der Waals surface area contributed by atoms with Gasteiger partial charge in [0.05, 0.1) is 13.7 Å². The van der Waals surface area contributed by atoms with Gasteiger partial charge in [0.1, 0.15) is 23.8 Å². The minimum absolute atomic E-state index is 0.277. The Morgan fingerprint density at radius 3 is 2.34 bits per heavy atom. The van der Waals surface area contributed by atoms with E-state index in [1.54, 1.807) is 13.2 Å². The summed E-state index contributed by atoms with van der Waals surface area (Å²) in [5.41, 5.74) is 3.03. The van der Waals surface area contributed by atoms with E-state index in [-0.39, 0.29) is 5.91 Å². The van der Waals surface area contributed by atoms with Crippen molar-refractivity contribution in [2.45, 2.75) is 13.8 Å². The number of methoxy groups -OCH3 is 1. The lowest BCUT2D eigenvalue weighted by Gasteiger charge is -2.10. The lowest BCUT2D eigenvalue weighted by atomic mass is 10.2. The van der Waals surface area contributed by atoms with Crippen LogP contribution in [0, 0.1) is 13.8 Å². The van der Waals surface area contributed by atoms with Gasteiger partial charge < -0.3 is 20.1 Å². The number of benzene rings is 2. The molecule has 0 spiro atoms. The Bertz CT molecular complexity index is 957. The first-order valence-electron chi connectivity index (χ1n) is 9.28. The van der Waals surface area contributed by atoms with Crippen LogP contribution in [0.25, 0.3) is 0 Å². The molecule has 0 saturated carbocycles. The number of nitrogens with one attached hydrogen (secondary N) is 2. The van der Waals surface area contributed by atoms with Crippen LogP contribution in [0.2, 0.25) is 0 Å². The highest BCUT2D eigenvalue weighted by atomic mass is 16.5. The average molecular weight is 392 g/mol. The number of carbonyl (C=O) groups excluding carboxylic acids is 1. The Labute approximate surface area is 170 Å². The molecule has 0 saturated heterocycles. The van der Waals surface area contributed by atoms with Gasteiger partial charge in [0, 0.05) is 11.4 Å². The second-order valence-electron chi connectivity index (χ2n) is 6.49. The molecule has 3 aromatic rings. The topological polar surface area (TPSA) is 85.4 Å². The fourth-order valence-corrected chi connectivity index (χ4v) is 2.60. The summed E-state index contributed by atoms with van der Waals surface area (Å²) in [6, 6.07) is 16.8. The van der Waals surface area contributed by atoms with E-state index in [1.165, 1.54) is 0 Å². The zero-order chi connectivity index (χ0) is 20.6. The number of anilines is 2. The van der Waals surface area contributed by atoms with Crippen LogP contribution in [0.15, 0.2) is 54.6 Å². The number of rotatable bonds is 8. The molecule has 7 heteroatoms. The van der Waals surface area contributed by atoms with Crippen molar-refractivity contribution >= 4 is 17.5 Å². The van der Waals surface area contributed by atoms with Crippen molar-refractivity contribution in [3.63, 3.8) is 0 Å². The molecular weight excluding hydrogens is 368 g/mol. The second kappa shape index (κ2) is 9.54. The van der Waals surface area contributed by atoms with Crippen molar-refractivity contribution in [2.75, 3.05) is 25.6 Å². The van der Waals surface area contributed by atoms with Gasteiger partial charge in [0.15, 0.2) is 0 Å². The molecule has 0 unspecified atom stereocenters. The molecule has 150 valence electrons. The molecule has 0 fully saturated rings. The maximum absolute atomic E-state index is 12.4. The molecule has 0 aliphatic rings. The first-order chi connectivity index (χ1) is 14.0. The van der Waals surface area contributed by atoms with Crippen molar-refractivity contribution in [1.29, 1.82) is 0 Å². The molecular formula is C22H24N4O3. The molecule has 2 aromatic carbocycles. The fraction of sp³-hybridized carbons (Fsp3) is 0.227. The Kier molecular flexibility index (Phi) is 6.63. The SMILES string of the molecule is COc1ccc(OCCNC(=O)c2cc(C)nc(Nc3ccc(C)cc3)n2)cc1. The summed E-state index contributed by atoms with van der Waals surface area (Å²) >= 11 is 0. The summed E-state index contributed by atoms with van der Waals surface area (Å²) in [6.45, 7) is 4.55. The molecule has 0 atom stereocenters. The van der Waals surface area contributed by atoms with Crippen LogP contribution < -0.4 is 20.1 Å². The Hall–Kier alpha value is -3.61. The molecule has 0 aliphatic heterocycles. The van der Waals surface area contributed by atoms with E-state index in [0.717, 1.165) is 17.0 Å². The van der Waals surface area contributed by atoms with Crippen LogP contribution in [-0.2, 0) is 0 Å². The predicted octanol–water partition coefficient (Wildman–Crippen LogP) is 3.65. The summed E-state index contributed by atoms with van der Waals surface area (Å²) in [7, 11) is 1.61. The number of aromatic nitrogens is 2.